The molecule has 8 atom stereocenters. The molecule has 0 aromatic heterocycles. The van der Waals surface area contributed by atoms with Crippen molar-refractivity contribution in [3.05, 3.63) is 45.9 Å². The minimum absolute atomic E-state index is 0. The van der Waals surface area contributed by atoms with Crippen molar-refractivity contribution in [2.75, 3.05) is 0 Å². The van der Waals surface area contributed by atoms with Crippen LogP contribution in [-0.4, -0.2) is 48.3 Å². The molecule has 8 nitrogen and oxygen atoms in total. The molecule has 0 aromatic carbocycles. The Morgan fingerprint density at radius 3 is 0.379 bits per heavy atom. The minimum atomic E-state index is -0.0625. The van der Waals surface area contributed by atoms with Crippen LogP contribution in [0, 0.1) is 0 Å². The van der Waals surface area contributed by atoms with Gasteiger partial charge in [-0.3, -0.25) is 0 Å². The molecule has 0 heterocycles. The van der Waals surface area contributed by atoms with E-state index in [0.717, 1.165) is 0 Å². The van der Waals surface area contributed by atoms with Gasteiger partial charge in [0, 0.05) is 26.2 Å². The first-order valence-electron chi connectivity index (χ1n) is 10.2. The monoisotopic (exact) mass is 490 g/mol. The van der Waals surface area contributed by atoms with Crippen LogP contribution in [-0.2, 0) is 26.2 Å². The van der Waals surface area contributed by atoms with Crippen molar-refractivity contribution in [1.29, 1.82) is 0 Å². The fourth-order valence-corrected chi connectivity index (χ4v) is 2.12. The Morgan fingerprint density at radius 2 is 0.379 bits per heavy atom. The summed E-state index contributed by atoms with van der Waals surface area (Å²) < 4.78 is 0. The van der Waals surface area contributed by atoms with Gasteiger partial charge in [0.15, 0.2) is 0 Å². The molecule has 0 amide bonds. The Hall–Kier alpha value is 0.563. The molecule has 180 valence electrons. The van der Waals surface area contributed by atoms with E-state index < -0.39 is 0 Å². The molecule has 0 aliphatic carbocycles. The largest absolute Gasteiger partial charge is 0.675 e. The average molecular weight is 492 g/mol. The Kier molecular flexibility index (Phi) is 36.7. The molecule has 0 saturated heterocycles. The van der Waals surface area contributed by atoms with Gasteiger partial charge < -0.3 is 45.9 Å². The standard InChI is InChI=1S/4C5H12N2.Zr/c4*1-4(6)3-5(2)7;/h4*4-7H,3H2,1-2H3;/q4*-2;. The molecule has 29 heavy (non-hydrogen) atoms. The third-order valence-corrected chi connectivity index (χ3v) is 2.83. The Morgan fingerprint density at radius 1 is 0.310 bits per heavy atom. The van der Waals surface area contributed by atoms with E-state index in [1.54, 1.807) is 0 Å². The van der Waals surface area contributed by atoms with Crippen LogP contribution in [0.3, 0.4) is 0 Å². The molecule has 8 N–H and O–H groups in total. The van der Waals surface area contributed by atoms with Crippen LogP contribution in [0.2, 0.25) is 0 Å². The fraction of sp³-hybridized carbons (Fsp3) is 1.00. The van der Waals surface area contributed by atoms with E-state index in [0.29, 0.717) is 25.7 Å². The second kappa shape index (κ2) is 26.6. The molecule has 8 unspecified atom stereocenters. The quantitative estimate of drug-likeness (QED) is 0.313. The molecule has 0 saturated carbocycles. The van der Waals surface area contributed by atoms with Crippen molar-refractivity contribution in [2.24, 2.45) is 0 Å². The van der Waals surface area contributed by atoms with E-state index in [-0.39, 0.29) is 74.5 Å². The van der Waals surface area contributed by atoms with Gasteiger partial charge in [-0.2, -0.15) is 0 Å². The second-order valence-corrected chi connectivity index (χ2v) is 8.15. The van der Waals surface area contributed by atoms with E-state index in [1.165, 1.54) is 0 Å². The molecule has 0 aliphatic heterocycles. The molecule has 0 aromatic rings. The summed E-state index contributed by atoms with van der Waals surface area (Å²) in [6.07, 6.45) is 2.78. The SMILES string of the molecule is CC([NH-])CC(C)[NH-].CC([NH-])CC(C)[NH-].CC([NH-])CC(C)[NH-].CC([NH-])CC(C)[NH-].[Zr]. The molecular formula is C20H48N8Zr-8. The number of hydrogen-bond donors (Lipinski definition) is 0. The summed E-state index contributed by atoms with van der Waals surface area (Å²) >= 11 is 0. The zero-order valence-corrected chi connectivity index (χ0v) is 22.4. The zero-order chi connectivity index (χ0) is 23.4. The molecule has 0 fully saturated rings. The topological polar surface area (TPSA) is 190 Å². The fourth-order valence-electron chi connectivity index (χ4n) is 2.12. The van der Waals surface area contributed by atoms with E-state index in [4.69, 9.17) is 45.9 Å². The smallest absolute Gasteiger partial charge is 0 e. The van der Waals surface area contributed by atoms with Crippen LogP contribution in [0.4, 0.5) is 0 Å². The van der Waals surface area contributed by atoms with Crippen molar-refractivity contribution in [2.45, 2.75) is 129 Å². The molecule has 0 aliphatic rings. The normalized spacial score (nSPS) is 18.2. The third kappa shape index (κ3) is 73.5. The van der Waals surface area contributed by atoms with Gasteiger partial charge in [-0.15, -0.1) is 48.3 Å². The first kappa shape index (κ1) is 40.0. The summed E-state index contributed by atoms with van der Waals surface area (Å²) in [7, 11) is 0. The van der Waals surface area contributed by atoms with Gasteiger partial charge in [0.2, 0.25) is 0 Å². The van der Waals surface area contributed by atoms with Crippen LogP contribution >= 0.6 is 0 Å². The zero-order valence-electron chi connectivity index (χ0n) is 19.9. The Labute approximate surface area is 201 Å². The second-order valence-electron chi connectivity index (χ2n) is 8.15. The first-order valence-corrected chi connectivity index (χ1v) is 10.2. The molecule has 0 rings (SSSR count). The number of nitrogens with one attached hydrogen (secondary N) is 8. The molecule has 0 radical (unpaired) electrons. The maximum atomic E-state index is 6.99. The van der Waals surface area contributed by atoms with E-state index >= 15 is 0 Å². The van der Waals surface area contributed by atoms with Crippen molar-refractivity contribution in [1.82, 2.24) is 0 Å². The maximum absolute atomic E-state index is 6.99. The first-order chi connectivity index (χ1) is 12.5. The predicted molar refractivity (Wildman–Crippen MR) is 129 cm³/mol. The van der Waals surface area contributed by atoms with Crippen LogP contribution in [0.15, 0.2) is 0 Å². The molecule has 9 heteroatoms. The predicted octanol–water partition coefficient (Wildman–Crippen LogP) is 9.03. The number of rotatable bonds is 8. The van der Waals surface area contributed by atoms with Crippen LogP contribution in [0.5, 0.6) is 0 Å². The van der Waals surface area contributed by atoms with E-state index in [1.807, 2.05) is 55.4 Å². The number of hydrogen-bond acceptors (Lipinski definition) is 0. The molecule has 0 bridgehead atoms. The summed E-state index contributed by atoms with van der Waals surface area (Å²) in [5.74, 6) is 0. The van der Waals surface area contributed by atoms with Crippen molar-refractivity contribution >= 4 is 0 Å². The van der Waals surface area contributed by atoms with Crippen LogP contribution in [0.1, 0.15) is 81.1 Å². The minimum Gasteiger partial charge on any atom is -0.675 e. The maximum Gasteiger partial charge on any atom is 0 e. The van der Waals surface area contributed by atoms with E-state index in [2.05, 4.69) is 0 Å². The van der Waals surface area contributed by atoms with Gasteiger partial charge in [0.05, 0.1) is 0 Å². The van der Waals surface area contributed by atoms with Gasteiger partial charge >= 0.3 is 0 Å². The molecular weight excluding hydrogens is 444 g/mol. The Balaban J connectivity index is -0.0000000873. The summed E-state index contributed by atoms with van der Waals surface area (Å²) in [5.41, 5.74) is 55.9. The van der Waals surface area contributed by atoms with Gasteiger partial charge in [-0.05, 0) is 0 Å². The van der Waals surface area contributed by atoms with Gasteiger partial charge in [0.25, 0.3) is 0 Å². The van der Waals surface area contributed by atoms with E-state index in [9.17, 15) is 0 Å². The van der Waals surface area contributed by atoms with Crippen LogP contribution < -0.4 is 0 Å². The van der Waals surface area contributed by atoms with Crippen molar-refractivity contribution < 1.29 is 26.2 Å². The van der Waals surface area contributed by atoms with Gasteiger partial charge in [-0.25, -0.2) is 0 Å². The third-order valence-electron chi connectivity index (χ3n) is 2.83. The Bertz CT molecular complexity index is 204. The molecule has 0 spiro atoms. The summed E-state index contributed by atoms with van der Waals surface area (Å²) in [5, 5.41) is 0. The van der Waals surface area contributed by atoms with Crippen molar-refractivity contribution in [3.63, 3.8) is 0 Å². The average Bonchev–Trinajstić information content (AvgIpc) is 2.32. The van der Waals surface area contributed by atoms with Gasteiger partial charge in [0.1, 0.15) is 0 Å². The summed E-state index contributed by atoms with van der Waals surface area (Å²) in [6, 6.07) is -0.500. The summed E-state index contributed by atoms with van der Waals surface area (Å²) in [4.78, 5) is 0. The van der Waals surface area contributed by atoms with Gasteiger partial charge in [-0.1, -0.05) is 81.1 Å². The van der Waals surface area contributed by atoms with Crippen molar-refractivity contribution in [3.8, 4) is 0 Å². The van der Waals surface area contributed by atoms with Crippen LogP contribution in [0.25, 0.3) is 45.9 Å². The summed E-state index contributed by atoms with van der Waals surface area (Å²) in [6.45, 7) is 14.5.